The van der Waals surface area contributed by atoms with E-state index in [0.29, 0.717) is 6.42 Å². The summed E-state index contributed by atoms with van der Waals surface area (Å²) < 4.78 is 13.3. The summed E-state index contributed by atoms with van der Waals surface area (Å²) in [6.45, 7) is 1.76. The molecule has 0 amide bonds. The largest absolute Gasteiger partial charge is 0.481 e. The van der Waals surface area contributed by atoms with Crippen LogP contribution in [0.4, 0.5) is 4.39 Å². The van der Waals surface area contributed by atoms with Crippen LogP contribution >= 0.6 is 11.6 Å². The molecule has 0 saturated carbocycles. The summed E-state index contributed by atoms with van der Waals surface area (Å²) in [5.41, 5.74) is 0.286. The Bertz CT molecular complexity index is 345. The summed E-state index contributed by atoms with van der Waals surface area (Å²) in [5.74, 6) is -1.95. The van der Waals surface area contributed by atoms with E-state index < -0.39 is 17.7 Å². The molecular formula is C11H12ClFO2. The minimum absolute atomic E-state index is 0.136. The van der Waals surface area contributed by atoms with Crippen LogP contribution in [0.25, 0.3) is 0 Å². The molecule has 0 aliphatic rings. The van der Waals surface area contributed by atoms with Gasteiger partial charge in [-0.2, -0.15) is 0 Å². The van der Waals surface area contributed by atoms with Crippen LogP contribution in [-0.4, -0.2) is 11.1 Å². The number of halogens is 2. The molecule has 0 bridgehead atoms. The molecule has 0 radical (unpaired) electrons. The quantitative estimate of drug-likeness (QED) is 0.863. The van der Waals surface area contributed by atoms with Crippen molar-refractivity contribution in [3.8, 4) is 0 Å². The molecule has 0 aromatic heterocycles. The first-order valence-corrected chi connectivity index (χ1v) is 5.09. The fourth-order valence-electron chi connectivity index (χ4n) is 1.38. The van der Waals surface area contributed by atoms with Gasteiger partial charge in [0.05, 0.1) is 5.92 Å². The molecule has 1 rings (SSSR count). The van der Waals surface area contributed by atoms with E-state index in [2.05, 4.69) is 0 Å². The van der Waals surface area contributed by atoms with Crippen molar-refractivity contribution in [2.45, 2.75) is 19.8 Å². The zero-order valence-corrected chi connectivity index (χ0v) is 9.09. The van der Waals surface area contributed by atoms with Crippen molar-refractivity contribution in [1.82, 2.24) is 0 Å². The smallest absolute Gasteiger partial charge is 0.306 e. The third-order valence-electron chi connectivity index (χ3n) is 2.35. The zero-order valence-electron chi connectivity index (χ0n) is 8.34. The molecule has 1 aromatic rings. The van der Waals surface area contributed by atoms with E-state index in [1.54, 1.807) is 13.0 Å². The highest BCUT2D eigenvalue weighted by molar-refractivity contribution is 6.31. The van der Waals surface area contributed by atoms with Crippen molar-refractivity contribution >= 4 is 17.6 Å². The number of hydrogen-bond donors (Lipinski definition) is 1. The first-order chi connectivity index (χ1) is 7.06. The molecule has 0 fully saturated rings. The number of benzene rings is 1. The maximum Gasteiger partial charge on any atom is 0.306 e. The van der Waals surface area contributed by atoms with Gasteiger partial charge in [0.25, 0.3) is 0 Å². The molecule has 0 aliphatic carbocycles. The van der Waals surface area contributed by atoms with E-state index in [1.165, 1.54) is 12.1 Å². The zero-order chi connectivity index (χ0) is 11.4. The van der Waals surface area contributed by atoms with Crippen LogP contribution in [0.3, 0.4) is 0 Å². The van der Waals surface area contributed by atoms with E-state index >= 15 is 0 Å². The van der Waals surface area contributed by atoms with Gasteiger partial charge in [-0.05, 0) is 25.0 Å². The Morgan fingerprint density at radius 3 is 2.73 bits per heavy atom. The van der Waals surface area contributed by atoms with Gasteiger partial charge in [-0.25, -0.2) is 4.39 Å². The summed E-state index contributed by atoms with van der Waals surface area (Å²) in [5, 5.41) is 9.14. The molecule has 1 atom stereocenters. The van der Waals surface area contributed by atoms with Crippen molar-refractivity contribution in [1.29, 1.82) is 0 Å². The fraction of sp³-hybridized carbons (Fsp3) is 0.364. The normalized spacial score (nSPS) is 12.5. The molecule has 0 heterocycles. The third-order valence-corrected chi connectivity index (χ3v) is 2.71. The Morgan fingerprint density at radius 2 is 2.27 bits per heavy atom. The van der Waals surface area contributed by atoms with Gasteiger partial charge in [-0.1, -0.05) is 24.6 Å². The van der Waals surface area contributed by atoms with Crippen molar-refractivity contribution in [3.63, 3.8) is 0 Å². The molecule has 0 spiro atoms. The highest BCUT2D eigenvalue weighted by atomic mass is 35.5. The lowest BCUT2D eigenvalue weighted by atomic mass is 9.97. The first kappa shape index (κ1) is 12.0. The number of carboxylic acids is 1. The third kappa shape index (κ3) is 2.93. The number of carboxylic acid groups (broad SMARTS) is 1. The maximum absolute atomic E-state index is 13.3. The number of rotatable bonds is 4. The SMILES string of the molecule is CCC(Cc1c(F)cccc1Cl)C(=O)O. The Hall–Kier alpha value is -1.09. The molecule has 0 saturated heterocycles. The molecule has 0 aliphatic heterocycles. The number of carbonyl (C=O) groups is 1. The second-order valence-electron chi connectivity index (χ2n) is 3.35. The van der Waals surface area contributed by atoms with Gasteiger partial charge in [-0.15, -0.1) is 0 Å². The van der Waals surface area contributed by atoms with Crippen LogP contribution in [0, 0.1) is 11.7 Å². The molecule has 1 unspecified atom stereocenters. The van der Waals surface area contributed by atoms with Crippen LogP contribution < -0.4 is 0 Å². The van der Waals surface area contributed by atoms with Crippen LogP contribution in [0.5, 0.6) is 0 Å². The lowest BCUT2D eigenvalue weighted by Crippen LogP contribution is -2.16. The lowest BCUT2D eigenvalue weighted by Gasteiger charge is -2.11. The fourth-order valence-corrected chi connectivity index (χ4v) is 1.62. The van der Waals surface area contributed by atoms with E-state index in [9.17, 15) is 9.18 Å². The van der Waals surface area contributed by atoms with Crippen molar-refractivity contribution < 1.29 is 14.3 Å². The van der Waals surface area contributed by atoms with Gasteiger partial charge in [0.2, 0.25) is 0 Å². The monoisotopic (exact) mass is 230 g/mol. The predicted octanol–water partition coefficient (Wildman–Crippen LogP) is 3.13. The average Bonchev–Trinajstić information content (AvgIpc) is 2.17. The topological polar surface area (TPSA) is 37.3 Å². The summed E-state index contributed by atoms with van der Waals surface area (Å²) in [4.78, 5) is 10.8. The van der Waals surface area contributed by atoms with Crippen LogP contribution in [0.15, 0.2) is 18.2 Å². The molecule has 4 heteroatoms. The standard InChI is InChI=1S/C11H12ClFO2/c1-2-7(11(14)15)6-8-9(12)4-3-5-10(8)13/h3-5,7H,2,6H2,1H3,(H,14,15). The van der Waals surface area contributed by atoms with Gasteiger partial charge in [-0.3, -0.25) is 4.79 Å². The molecular weight excluding hydrogens is 219 g/mol. The van der Waals surface area contributed by atoms with E-state index in [4.69, 9.17) is 16.7 Å². The minimum atomic E-state index is -0.920. The van der Waals surface area contributed by atoms with Crippen molar-refractivity contribution in [3.05, 3.63) is 34.6 Å². The summed E-state index contributed by atoms with van der Waals surface area (Å²) >= 11 is 5.80. The Kier molecular flexibility index (Phi) is 4.09. The second kappa shape index (κ2) is 5.12. The van der Waals surface area contributed by atoms with Gasteiger partial charge in [0.15, 0.2) is 0 Å². The highest BCUT2D eigenvalue weighted by Crippen LogP contribution is 2.23. The lowest BCUT2D eigenvalue weighted by molar-refractivity contribution is -0.141. The summed E-state index contributed by atoms with van der Waals surface area (Å²) in [6.07, 6.45) is 0.595. The second-order valence-corrected chi connectivity index (χ2v) is 3.75. The number of aliphatic carboxylic acids is 1. The van der Waals surface area contributed by atoms with E-state index in [0.717, 1.165) is 0 Å². The van der Waals surface area contributed by atoms with Gasteiger partial charge >= 0.3 is 5.97 Å². The van der Waals surface area contributed by atoms with Crippen molar-refractivity contribution in [2.24, 2.45) is 5.92 Å². The van der Waals surface area contributed by atoms with E-state index in [1.807, 2.05) is 0 Å². The van der Waals surface area contributed by atoms with Crippen LogP contribution in [0.2, 0.25) is 5.02 Å². The van der Waals surface area contributed by atoms with Gasteiger partial charge in [0, 0.05) is 10.6 Å². The van der Waals surface area contributed by atoms with Gasteiger partial charge < -0.3 is 5.11 Å². The van der Waals surface area contributed by atoms with Gasteiger partial charge in [0.1, 0.15) is 5.82 Å². The Morgan fingerprint density at radius 1 is 1.60 bits per heavy atom. The molecule has 15 heavy (non-hydrogen) atoms. The maximum atomic E-state index is 13.3. The minimum Gasteiger partial charge on any atom is -0.481 e. The molecule has 1 aromatic carbocycles. The predicted molar refractivity (Wildman–Crippen MR) is 56.5 cm³/mol. The first-order valence-electron chi connectivity index (χ1n) is 4.72. The Labute approximate surface area is 92.7 Å². The Balaban J connectivity index is 2.92. The highest BCUT2D eigenvalue weighted by Gasteiger charge is 2.19. The van der Waals surface area contributed by atoms with Crippen LogP contribution in [0.1, 0.15) is 18.9 Å². The van der Waals surface area contributed by atoms with Crippen molar-refractivity contribution in [2.75, 3.05) is 0 Å². The average molecular weight is 231 g/mol. The molecule has 2 nitrogen and oxygen atoms in total. The molecule has 1 N–H and O–H groups in total. The summed E-state index contributed by atoms with van der Waals surface area (Å²) in [7, 11) is 0. The van der Waals surface area contributed by atoms with Crippen LogP contribution in [-0.2, 0) is 11.2 Å². The molecule has 82 valence electrons. The summed E-state index contributed by atoms with van der Waals surface area (Å²) in [6, 6.07) is 4.35. The number of hydrogen-bond acceptors (Lipinski definition) is 1. The van der Waals surface area contributed by atoms with E-state index in [-0.39, 0.29) is 17.0 Å².